The quantitative estimate of drug-likeness (QED) is 0.445. The molecule has 0 aliphatic carbocycles. The molecule has 0 fully saturated rings. The second kappa shape index (κ2) is 10.0. The van der Waals surface area contributed by atoms with Gasteiger partial charge in [0.2, 0.25) is 0 Å². The molecular weight excluding hydrogens is 437 g/mol. The van der Waals surface area contributed by atoms with Crippen LogP contribution < -0.4 is 10.2 Å². The number of benzene rings is 2. The number of thiophene rings is 1. The highest BCUT2D eigenvalue weighted by Gasteiger charge is 2.39. The summed E-state index contributed by atoms with van der Waals surface area (Å²) in [5.74, 6) is -0.975. The van der Waals surface area contributed by atoms with Gasteiger partial charge in [-0.2, -0.15) is 0 Å². The summed E-state index contributed by atoms with van der Waals surface area (Å²) in [5, 5.41) is 5.09. The SMILES string of the molecule is CCN(CC)c1ccc(NC2=C(c3cccs3)C(=O)N(CCc3ccc(F)cc3)C2=O)cc1. The Morgan fingerprint density at radius 3 is 2.24 bits per heavy atom. The van der Waals surface area contributed by atoms with Crippen molar-refractivity contribution in [2.24, 2.45) is 0 Å². The van der Waals surface area contributed by atoms with Crippen molar-refractivity contribution in [2.75, 3.05) is 29.9 Å². The molecule has 1 aliphatic rings. The van der Waals surface area contributed by atoms with Crippen molar-refractivity contribution in [3.63, 3.8) is 0 Å². The smallest absolute Gasteiger partial charge is 0.278 e. The van der Waals surface area contributed by atoms with Gasteiger partial charge < -0.3 is 10.2 Å². The minimum atomic E-state index is -0.349. The number of carbonyl (C=O) groups excluding carboxylic acids is 2. The molecular formula is C26H26FN3O2S. The van der Waals surface area contributed by atoms with Gasteiger partial charge in [-0.3, -0.25) is 14.5 Å². The molecule has 7 heteroatoms. The van der Waals surface area contributed by atoms with Crippen molar-refractivity contribution >= 4 is 40.1 Å². The Hall–Kier alpha value is -3.45. The van der Waals surface area contributed by atoms with Crippen molar-refractivity contribution < 1.29 is 14.0 Å². The molecule has 4 rings (SSSR count). The number of carbonyl (C=O) groups is 2. The molecule has 2 aromatic carbocycles. The van der Waals surface area contributed by atoms with E-state index >= 15 is 0 Å². The predicted molar refractivity (Wildman–Crippen MR) is 132 cm³/mol. The first-order valence-electron chi connectivity index (χ1n) is 11.0. The molecule has 1 aliphatic heterocycles. The second-order valence-corrected chi connectivity index (χ2v) is 8.66. The maximum Gasteiger partial charge on any atom is 0.278 e. The number of imide groups is 1. The number of nitrogens with one attached hydrogen (secondary N) is 1. The standard InChI is InChI=1S/C26H26FN3O2S/c1-3-29(4-2)21-13-11-20(12-14-21)28-24-23(22-6-5-17-33-22)25(31)30(26(24)32)16-15-18-7-9-19(27)10-8-18/h5-14,17,28H,3-4,15-16H2,1-2H3. The zero-order chi connectivity index (χ0) is 23.4. The third kappa shape index (κ3) is 4.83. The van der Waals surface area contributed by atoms with E-state index in [1.807, 2.05) is 41.8 Å². The molecule has 170 valence electrons. The number of hydrogen-bond donors (Lipinski definition) is 1. The summed E-state index contributed by atoms with van der Waals surface area (Å²) in [5.41, 5.74) is 3.39. The average molecular weight is 464 g/mol. The van der Waals surface area contributed by atoms with Gasteiger partial charge in [0.25, 0.3) is 11.8 Å². The topological polar surface area (TPSA) is 52.7 Å². The Bertz CT molecular complexity index is 1150. The maximum atomic E-state index is 13.3. The van der Waals surface area contributed by atoms with Gasteiger partial charge in [0.1, 0.15) is 11.5 Å². The van der Waals surface area contributed by atoms with Crippen LogP contribution in [0, 0.1) is 5.82 Å². The van der Waals surface area contributed by atoms with Crippen LogP contribution in [-0.2, 0) is 16.0 Å². The zero-order valence-electron chi connectivity index (χ0n) is 18.7. The third-order valence-corrected chi connectivity index (χ3v) is 6.63. The molecule has 0 radical (unpaired) electrons. The first-order chi connectivity index (χ1) is 16.0. The van der Waals surface area contributed by atoms with Gasteiger partial charge in [0.05, 0.1) is 5.57 Å². The fraction of sp³-hybridized carbons (Fsp3) is 0.231. The van der Waals surface area contributed by atoms with Gasteiger partial charge in [-0.25, -0.2) is 4.39 Å². The molecule has 1 N–H and O–H groups in total. The number of halogens is 1. The van der Waals surface area contributed by atoms with E-state index in [9.17, 15) is 14.0 Å². The molecule has 1 aromatic heterocycles. The van der Waals surface area contributed by atoms with Crippen LogP contribution in [0.5, 0.6) is 0 Å². The largest absolute Gasteiger partial charge is 0.372 e. The van der Waals surface area contributed by atoms with E-state index in [2.05, 4.69) is 24.1 Å². The molecule has 0 bridgehead atoms. The van der Waals surface area contributed by atoms with E-state index in [0.717, 1.165) is 34.9 Å². The highest BCUT2D eigenvalue weighted by atomic mass is 32.1. The molecule has 0 atom stereocenters. The number of nitrogens with zero attached hydrogens (tertiary/aromatic N) is 2. The van der Waals surface area contributed by atoms with E-state index in [1.165, 1.54) is 28.4 Å². The summed E-state index contributed by atoms with van der Waals surface area (Å²) >= 11 is 1.42. The fourth-order valence-corrected chi connectivity index (χ4v) is 4.69. The van der Waals surface area contributed by atoms with Crippen molar-refractivity contribution in [1.82, 2.24) is 4.90 Å². The lowest BCUT2D eigenvalue weighted by Crippen LogP contribution is -2.34. The van der Waals surface area contributed by atoms with E-state index in [1.54, 1.807) is 12.1 Å². The molecule has 2 amide bonds. The van der Waals surface area contributed by atoms with E-state index < -0.39 is 0 Å². The monoisotopic (exact) mass is 463 g/mol. The van der Waals surface area contributed by atoms with Crippen molar-refractivity contribution in [3.05, 3.63) is 88.0 Å². The van der Waals surface area contributed by atoms with Crippen LogP contribution in [0.4, 0.5) is 15.8 Å². The van der Waals surface area contributed by atoms with Crippen LogP contribution in [0.15, 0.2) is 71.7 Å². The Kier molecular flexibility index (Phi) is 6.89. The van der Waals surface area contributed by atoms with Crippen LogP contribution in [-0.4, -0.2) is 36.3 Å². The number of rotatable bonds is 9. The van der Waals surface area contributed by atoms with E-state index in [4.69, 9.17) is 0 Å². The van der Waals surface area contributed by atoms with Crippen molar-refractivity contribution in [1.29, 1.82) is 0 Å². The summed E-state index contributed by atoms with van der Waals surface area (Å²) < 4.78 is 13.2. The first-order valence-corrected chi connectivity index (χ1v) is 11.9. The molecule has 0 spiro atoms. The Morgan fingerprint density at radius 1 is 0.939 bits per heavy atom. The lowest BCUT2D eigenvalue weighted by Gasteiger charge is -2.21. The van der Waals surface area contributed by atoms with Crippen LogP contribution in [0.2, 0.25) is 0 Å². The summed E-state index contributed by atoms with van der Waals surface area (Å²) in [6.07, 6.45) is 0.460. The molecule has 0 unspecified atom stereocenters. The first kappa shape index (κ1) is 22.7. The van der Waals surface area contributed by atoms with Gasteiger partial charge in [-0.05, 0) is 73.7 Å². The number of hydrogen-bond acceptors (Lipinski definition) is 5. The van der Waals surface area contributed by atoms with Crippen molar-refractivity contribution in [3.8, 4) is 0 Å². The molecule has 33 heavy (non-hydrogen) atoms. The Balaban J connectivity index is 1.57. The normalized spacial score (nSPS) is 13.7. The van der Waals surface area contributed by atoms with Gasteiger partial charge in [0, 0.05) is 35.9 Å². The Morgan fingerprint density at radius 2 is 1.64 bits per heavy atom. The van der Waals surface area contributed by atoms with E-state index in [0.29, 0.717) is 12.0 Å². The lowest BCUT2D eigenvalue weighted by atomic mass is 10.1. The summed E-state index contributed by atoms with van der Waals surface area (Å²) in [7, 11) is 0. The summed E-state index contributed by atoms with van der Waals surface area (Å²) in [6.45, 7) is 6.26. The summed E-state index contributed by atoms with van der Waals surface area (Å²) in [4.78, 5) is 30.8. The highest BCUT2D eigenvalue weighted by molar-refractivity contribution is 7.11. The van der Waals surface area contributed by atoms with Crippen LogP contribution >= 0.6 is 11.3 Å². The number of amides is 2. The van der Waals surface area contributed by atoms with E-state index in [-0.39, 0.29) is 29.9 Å². The van der Waals surface area contributed by atoms with Crippen molar-refractivity contribution in [2.45, 2.75) is 20.3 Å². The molecule has 0 saturated carbocycles. The molecule has 2 heterocycles. The minimum Gasteiger partial charge on any atom is -0.372 e. The average Bonchev–Trinajstić information content (AvgIpc) is 3.43. The van der Waals surface area contributed by atoms with Gasteiger partial charge in [-0.15, -0.1) is 11.3 Å². The minimum absolute atomic E-state index is 0.226. The predicted octanol–water partition coefficient (Wildman–Crippen LogP) is 5.17. The zero-order valence-corrected chi connectivity index (χ0v) is 19.5. The summed E-state index contributed by atoms with van der Waals surface area (Å²) in [6, 6.07) is 17.7. The van der Waals surface area contributed by atoms with Crippen LogP contribution in [0.3, 0.4) is 0 Å². The molecule has 5 nitrogen and oxygen atoms in total. The molecule has 3 aromatic rings. The van der Waals surface area contributed by atoms with Crippen LogP contribution in [0.25, 0.3) is 5.57 Å². The fourth-order valence-electron chi connectivity index (χ4n) is 3.93. The highest BCUT2D eigenvalue weighted by Crippen LogP contribution is 2.33. The van der Waals surface area contributed by atoms with Crippen LogP contribution in [0.1, 0.15) is 24.3 Å². The van der Waals surface area contributed by atoms with Gasteiger partial charge >= 0.3 is 0 Å². The number of anilines is 2. The maximum absolute atomic E-state index is 13.3. The third-order valence-electron chi connectivity index (χ3n) is 5.74. The Labute approximate surface area is 197 Å². The molecule has 0 saturated heterocycles. The van der Waals surface area contributed by atoms with Gasteiger partial charge in [-0.1, -0.05) is 18.2 Å². The van der Waals surface area contributed by atoms with Gasteiger partial charge in [0.15, 0.2) is 0 Å². The lowest BCUT2D eigenvalue weighted by molar-refractivity contribution is -0.136. The second-order valence-electron chi connectivity index (χ2n) is 7.71.